The molecule has 1 rings (SSSR count). The van der Waals surface area contributed by atoms with Crippen molar-refractivity contribution in [2.24, 2.45) is 5.92 Å². The molecule has 0 aliphatic rings. The summed E-state index contributed by atoms with van der Waals surface area (Å²) in [5.74, 6) is 0.275. The number of nitriles is 1. The number of benzene rings is 1. The van der Waals surface area contributed by atoms with Gasteiger partial charge in [0.1, 0.15) is 11.3 Å². The first-order valence-corrected chi connectivity index (χ1v) is 9.18. The van der Waals surface area contributed by atoms with Crippen LogP contribution in [0.2, 0.25) is 0 Å². The highest BCUT2D eigenvalue weighted by Crippen LogP contribution is 2.15. The minimum absolute atomic E-state index is 0.0258. The molecule has 1 aromatic carbocycles. The predicted molar refractivity (Wildman–Crippen MR) is 104 cm³/mol. The van der Waals surface area contributed by atoms with Crippen molar-refractivity contribution in [3.05, 3.63) is 24.3 Å². The monoisotopic (exact) mass is 375 g/mol. The van der Waals surface area contributed by atoms with E-state index >= 15 is 0 Å². The number of quaternary nitrogens is 1. The summed E-state index contributed by atoms with van der Waals surface area (Å²) in [4.78, 5) is 25.8. The van der Waals surface area contributed by atoms with E-state index in [9.17, 15) is 14.9 Å². The average Bonchev–Trinajstić information content (AvgIpc) is 2.65. The molecule has 0 spiro atoms. The van der Waals surface area contributed by atoms with Crippen LogP contribution in [0.15, 0.2) is 24.3 Å². The fourth-order valence-electron chi connectivity index (χ4n) is 2.52. The molecule has 0 saturated heterocycles. The van der Waals surface area contributed by atoms with Crippen LogP contribution in [0.25, 0.3) is 0 Å². The van der Waals surface area contributed by atoms with Crippen LogP contribution in [0.5, 0.6) is 5.75 Å². The van der Waals surface area contributed by atoms with Crippen LogP contribution in [0.1, 0.15) is 34.6 Å². The molecule has 0 radical (unpaired) electrons. The highest BCUT2D eigenvalue weighted by atomic mass is 16.5. The van der Waals surface area contributed by atoms with E-state index in [1.54, 1.807) is 45.2 Å². The number of rotatable bonds is 9. The van der Waals surface area contributed by atoms with E-state index in [1.807, 2.05) is 20.8 Å². The summed E-state index contributed by atoms with van der Waals surface area (Å²) >= 11 is 0. The highest BCUT2D eigenvalue weighted by Gasteiger charge is 2.34. The first-order chi connectivity index (χ1) is 12.7. The minimum Gasteiger partial charge on any atom is -0.497 e. The Morgan fingerprint density at radius 3 is 2.30 bits per heavy atom. The molecule has 7 nitrogen and oxygen atoms in total. The molecule has 0 heterocycles. The van der Waals surface area contributed by atoms with Gasteiger partial charge >= 0.3 is 0 Å². The van der Waals surface area contributed by atoms with Gasteiger partial charge in [-0.05, 0) is 51.0 Å². The molecule has 0 aromatic heterocycles. The second kappa shape index (κ2) is 9.93. The van der Waals surface area contributed by atoms with Gasteiger partial charge < -0.3 is 20.3 Å². The molecule has 3 N–H and O–H groups in total. The average molecular weight is 375 g/mol. The van der Waals surface area contributed by atoms with Crippen molar-refractivity contribution in [2.45, 2.75) is 46.2 Å². The quantitative estimate of drug-likeness (QED) is 0.600. The normalized spacial score (nSPS) is 15.2. The zero-order valence-electron chi connectivity index (χ0n) is 17.1. The molecule has 0 aliphatic heterocycles. The second-order valence-corrected chi connectivity index (χ2v) is 7.15. The van der Waals surface area contributed by atoms with Gasteiger partial charge in [-0.3, -0.25) is 9.59 Å². The SMILES string of the molecule is CC[NH+](CC(=O)Nc1ccc(OC)cc1)[C@H](C)C(=O)N[C@@](C)(C#N)C(C)C. The number of nitrogens with zero attached hydrogens (tertiary/aromatic N) is 1. The van der Waals surface area contributed by atoms with Crippen molar-refractivity contribution in [1.82, 2.24) is 5.32 Å². The summed E-state index contributed by atoms with van der Waals surface area (Å²) in [6, 6.07) is 8.78. The summed E-state index contributed by atoms with van der Waals surface area (Å²) in [6.07, 6.45) is 0. The van der Waals surface area contributed by atoms with Crippen LogP contribution in [-0.4, -0.2) is 43.6 Å². The number of carbonyl (C=O) groups is 2. The fraction of sp³-hybridized carbons (Fsp3) is 0.550. The molecule has 1 unspecified atom stereocenters. The number of nitrogens with one attached hydrogen (secondary N) is 3. The summed E-state index contributed by atoms with van der Waals surface area (Å²) in [6.45, 7) is 9.95. The lowest BCUT2D eigenvalue weighted by Crippen LogP contribution is -3.17. The van der Waals surface area contributed by atoms with Crippen molar-refractivity contribution in [3.8, 4) is 11.8 Å². The predicted octanol–water partition coefficient (Wildman–Crippen LogP) is 0.981. The van der Waals surface area contributed by atoms with E-state index in [4.69, 9.17) is 4.74 Å². The molecule has 0 fully saturated rings. The van der Waals surface area contributed by atoms with Gasteiger partial charge in [0.15, 0.2) is 12.6 Å². The van der Waals surface area contributed by atoms with Crippen LogP contribution in [0.4, 0.5) is 5.69 Å². The van der Waals surface area contributed by atoms with Crippen molar-refractivity contribution < 1.29 is 19.2 Å². The van der Waals surface area contributed by atoms with E-state index in [0.717, 1.165) is 4.90 Å². The van der Waals surface area contributed by atoms with Gasteiger partial charge in [-0.15, -0.1) is 0 Å². The molecule has 7 heteroatoms. The molecule has 1 aromatic rings. The molecule has 3 atom stereocenters. The number of methoxy groups -OCH3 is 1. The maximum atomic E-state index is 12.6. The Balaban J connectivity index is 2.71. The van der Waals surface area contributed by atoms with Crippen LogP contribution < -0.4 is 20.3 Å². The molecule has 0 aliphatic carbocycles. The largest absolute Gasteiger partial charge is 0.497 e. The lowest BCUT2D eigenvalue weighted by Gasteiger charge is -2.30. The number of hydrogen-bond donors (Lipinski definition) is 3. The number of likely N-dealkylation sites (N-methyl/N-ethyl adjacent to an activating group) is 1. The zero-order valence-corrected chi connectivity index (χ0v) is 17.1. The Morgan fingerprint density at radius 1 is 1.26 bits per heavy atom. The first-order valence-electron chi connectivity index (χ1n) is 9.18. The number of anilines is 1. The Bertz CT molecular complexity index is 681. The lowest BCUT2D eigenvalue weighted by atomic mass is 9.89. The van der Waals surface area contributed by atoms with Gasteiger partial charge in [-0.25, -0.2) is 0 Å². The van der Waals surface area contributed by atoms with Crippen molar-refractivity contribution >= 4 is 17.5 Å². The third-order valence-corrected chi connectivity index (χ3v) is 4.99. The molecular formula is C20H31N4O3+. The van der Waals surface area contributed by atoms with Crippen molar-refractivity contribution in [3.63, 3.8) is 0 Å². The van der Waals surface area contributed by atoms with E-state index in [1.165, 1.54) is 0 Å². The summed E-state index contributed by atoms with van der Waals surface area (Å²) in [7, 11) is 1.58. The van der Waals surface area contributed by atoms with Crippen molar-refractivity contribution in [1.29, 1.82) is 5.26 Å². The summed E-state index contributed by atoms with van der Waals surface area (Å²) in [5, 5.41) is 15.0. The first kappa shape index (κ1) is 22.5. The van der Waals surface area contributed by atoms with Gasteiger partial charge in [0.25, 0.3) is 11.8 Å². The Morgan fingerprint density at radius 2 is 1.85 bits per heavy atom. The molecule has 27 heavy (non-hydrogen) atoms. The number of amides is 2. The second-order valence-electron chi connectivity index (χ2n) is 7.15. The molecular weight excluding hydrogens is 344 g/mol. The lowest BCUT2D eigenvalue weighted by molar-refractivity contribution is -0.904. The van der Waals surface area contributed by atoms with Gasteiger partial charge in [0, 0.05) is 5.69 Å². The zero-order chi connectivity index (χ0) is 20.6. The highest BCUT2D eigenvalue weighted by molar-refractivity contribution is 5.91. The minimum atomic E-state index is -0.935. The molecule has 0 bridgehead atoms. The third-order valence-electron chi connectivity index (χ3n) is 4.99. The topological polar surface area (TPSA) is 95.7 Å². The molecule has 0 saturated carbocycles. The van der Waals surface area contributed by atoms with Gasteiger partial charge in [-0.2, -0.15) is 5.26 Å². The molecule has 148 valence electrons. The smallest absolute Gasteiger partial charge is 0.279 e. The van der Waals surface area contributed by atoms with Crippen LogP contribution >= 0.6 is 0 Å². The summed E-state index contributed by atoms with van der Waals surface area (Å²) in [5.41, 5.74) is -0.263. The Labute approximate surface area is 161 Å². The van der Waals surface area contributed by atoms with Crippen LogP contribution in [-0.2, 0) is 9.59 Å². The number of carbonyl (C=O) groups excluding carboxylic acids is 2. The van der Waals surface area contributed by atoms with Gasteiger partial charge in [0.2, 0.25) is 0 Å². The third kappa shape index (κ3) is 6.26. The maximum absolute atomic E-state index is 12.6. The van der Waals surface area contributed by atoms with E-state index in [0.29, 0.717) is 18.0 Å². The van der Waals surface area contributed by atoms with E-state index in [2.05, 4.69) is 16.7 Å². The van der Waals surface area contributed by atoms with Crippen LogP contribution in [0.3, 0.4) is 0 Å². The summed E-state index contributed by atoms with van der Waals surface area (Å²) < 4.78 is 5.10. The maximum Gasteiger partial charge on any atom is 0.279 e. The van der Waals surface area contributed by atoms with Gasteiger partial charge in [0.05, 0.1) is 19.7 Å². The number of hydrogen-bond acceptors (Lipinski definition) is 4. The van der Waals surface area contributed by atoms with Crippen LogP contribution in [0, 0.1) is 17.2 Å². The Kier molecular flexibility index (Phi) is 8.26. The van der Waals surface area contributed by atoms with E-state index in [-0.39, 0.29) is 24.3 Å². The van der Waals surface area contributed by atoms with Gasteiger partial charge in [-0.1, -0.05) is 13.8 Å². The molecule has 2 amide bonds. The van der Waals surface area contributed by atoms with E-state index < -0.39 is 11.6 Å². The standard InChI is InChI=1S/C20H30N4O3/c1-7-24(15(4)19(26)23-20(5,13-21)14(2)3)12-18(25)22-16-8-10-17(27-6)11-9-16/h8-11,14-15H,7,12H2,1-6H3,(H,22,25)(H,23,26)/p+1/t15-,20+/m1/s1. The fourth-order valence-corrected chi connectivity index (χ4v) is 2.52. The Hall–Kier alpha value is -2.59. The number of ether oxygens (including phenoxy) is 1. The van der Waals surface area contributed by atoms with Crippen molar-refractivity contribution in [2.75, 3.05) is 25.5 Å².